The molecule has 3 fully saturated rings. The van der Waals surface area contributed by atoms with Crippen molar-refractivity contribution in [2.24, 2.45) is 17.8 Å². The molecule has 67 heavy (non-hydrogen) atoms. The van der Waals surface area contributed by atoms with Crippen LogP contribution < -0.4 is 0 Å². The number of cyclic esters (lactones) is 1. The van der Waals surface area contributed by atoms with Crippen molar-refractivity contribution in [3.8, 4) is 0 Å². The zero-order valence-corrected chi connectivity index (χ0v) is 41.7. The molecular formula is C48H79F2N5O12. The van der Waals surface area contributed by atoms with Crippen LogP contribution in [-0.2, 0) is 46.2 Å². The minimum absolute atomic E-state index is 0.00157. The molecule has 5 N–H and O–H groups in total. The monoisotopic (exact) mass is 956 g/mol. The van der Waals surface area contributed by atoms with E-state index < -0.39 is 120 Å². The van der Waals surface area contributed by atoms with Crippen LogP contribution in [0.3, 0.4) is 0 Å². The maximum atomic E-state index is 14.4. The average molecular weight is 956 g/mol. The van der Waals surface area contributed by atoms with Gasteiger partial charge in [-0.25, -0.2) is 13.5 Å². The van der Waals surface area contributed by atoms with Crippen molar-refractivity contribution in [2.75, 3.05) is 34.3 Å². The lowest BCUT2D eigenvalue weighted by Crippen LogP contribution is -2.61. The van der Waals surface area contributed by atoms with Crippen LogP contribution in [0.4, 0.5) is 8.78 Å². The van der Waals surface area contributed by atoms with Gasteiger partial charge in [0.15, 0.2) is 12.6 Å². The molecule has 0 saturated carbocycles. The maximum Gasteiger partial charge on any atom is 0.311 e. The number of ether oxygens (including phenoxy) is 6. The number of likely N-dealkylation sites (N-methyl/N-ethyl adjacent to an activating group) is 2. The van der Waals surface area contributed by atoms with Crippen molar-refractivity contribution >= 4 is 5.97 Å². The van der Waals surface area contributed by atoms with E-state index in [-0.39, 0.29) is 37.3 Å². The largest absolute Gasteiger partial charge is 0.459 e. The number of carbonyl (C=O) groups excluding carboxylic acids is 1. The smallest absolute Gasteiger partial charge is 0.311 e. The molecule has 3 aliphatic heterocycles. The van der Waals surface area contributed by atoms with E-state index in [1.54, 1.807) is 54.7 Å². The summed E-state index contributed by atoms with van der Waals surface area (Å²) in [4.78, 5) is 18.3. The first-order valence-electron chi connectivity index (χ1n) is 23.8. The van der Waals surface area contributed by atoms with E-state index in [1.807, 2.05) is 37.7 Å². The average Bonchev–Trinajstić information content (AvgIpc) is 3.72. The molecule has 4 heterocycles. The number of aromatic nitrogens is 3. The zero-order valence-electron chi connectivity index (χ0n) is 41.7. The summed E-state index contributed by atoms with van der Waals surface area (Å²) in [5.74, 6) is -3.98. The summed E-state index contributed by atoms with van der Waals surface area (Å²) in [5, 5.41) is 67.8. The molecule has 3 saturated heterocycles. The standard InChI is InChI=1S/C48H79F2N5O12/c1-14-37-48(10,61)41(57)30(6)54(12)23-26(2)21-46(8,60)43(28(4)40(29(5)44(59)65-37)66-38-22-47(9,62-13)42(58)31(7)64-38)67-45-39(56)36(19-27(3)63-45)53(11)18-17-34-25-55(52-51-34)24-32-20-33(49)15-16-35(32)50/h15-16,20,25-31,36-43,45,56-58,60-61H,14,17-19,21-24H2,1-13H3/t26-,27-,28+,29-,30-,31+,36+,37-,38+,39-,40+,41-,42+,43-,45+,46-,47-,48-/m1/s1. The number of carbonyl (C=O) groups is 1. The molecule has 0 bridgehead atoms. The number of halogens is 2. The SMILES string of the molecule is CC[C@H]1OC(=O)[C@H](C)[C@@H](O[C@H]2C[C@@](C)(OC)[C@@H](O)[C@H](C)O2)[C@H](C)[C@@H](O[C@@H]2O[C@H](C)C[C@H](N(C)CCc3cn(Cc4cc(F)ccc4F)nn3)[C@H]2O)[C@](C)(O)C[C@@H](C)CN(C)[C@H](C)[C@@H](O)[C@]1(C)O. The first-order chi connectivity index (χ1) is 31.2. The van der Waals surface area contributed by atoms with Gasteiger partial charge < -0.3 is 63.8 Å². The molecule has 0 radical (unpaired) electrons. The number of aliphatic hydroxyl groups excluding tert-OH is 3. The summed E-state index contributed by atoms with van der Waals surface area (Å²) < 4.78 is 67.7. The summed E-state index contributed by atoms with van der Waals surface area (Å²) in [6.45, 7) is 18.2. The van der Waals surface area contributed by atoms with Crippen LogP contribution in [0.1, 0.15) is 106 Å². The van der Waals surface area contributed by atoms with Crippen molar-refractivity contribution in [1.82, 2.24) is 24.8 Å². The number of methoxy groups -OCH3 is 1. The van der Waals surface area contributed by atoms with Crippen LogP contribution in [0.25, 0.3) is 0 Å². The summed E-state index contributed by atoms with van der Waals surface area (Å²) >= 11 is 0. The van der Waals surface area contributed by atoms with Gasteiger partial charge in [0.05, 0.1) is 53.8 Å². The Hall–Kier alpha value is -2.79. The molecule has 0 unspecified atom stereocenters. The lowest BCUT2D eigenvalue weighted by atomic mass is 9.77. The van der Waals surface area contributed by atoms with Crippen molar-refractivity contribution in [3.63, 3.8) is 0 Å². The van der Waals surface area contributed by atoms with Crippen LogP contribution in [0.15, 0.2) is 24.4 Å². The maximum absolute atomic E-state index is 14.4. The van der Waals surface area contributed by atoms with Crippen molar-refractivity contribution in [3.05, 3.63) is 47.3 Å². The van der Waals surface area contributed by atoms with Gasteiger partial charge in [-0.15, -0.1) is 5.10 Å². The van der Waals surface area contributed by atoms with Crippen LogP contribution in [0.2, 0.25) is 0 Å². The Bertz CT molecular complexity index is 1910. The second-order valence-electron chi connectivity index (χ2n) is 20.6. The Balaban J connectivity index is 1.46. The summed E-state index contributed by atoms with van der Waals surface area (Å²) in [5.41, 5.74) is -3.83. The second kappa shape index (κ2) is 22.5. The predicted molar refractivity (Wildman–Crippen MR) is 242 cm³/mol. The van der Waals surface area contributed by atoms with Crippen LogP contribution in [0.5, 0.6) is 0 Å². The van der Waals surface area contributed by atoms with Gasteiger partial charge in [-0.1, -0.05) is 26.0 Å². The highest BCUT2D eigenvalue weighted by Gasteiger charge is 2.53. The minimum Gasteiger partial charge on any atom is -0.459 e. The Labute approximate surface area is 395 Å². The molecule has 0 amide bonds. The number of rotatable bonds is 12. The molecule has 18 atom stereocenters. The fraction of sp³-hybridized carbons (Fsp3) is 0.812. The summed E-state index contributed by atoms with van der Waals surface area (Å²) in [7, 11) is 5.17. The van der Waals surface area contributed by atoms with E-state index in [0.29, 0.717) is 31.6 Å². The molecule has 0 spiro atoms. The van der Waals surface area contributed by atoms with Gasteiger partial charge in [-0.3, -0.25) is 4.79 Å². The Morgan fingerprint density at radius 2 is 1.67 bits per heavy atom. The number of hydrogen-bond donors (Lipinski definition) is 5. The number of benzene rings is 1. The molecule has 17 nitrogen and oxygen atoms in total. The van der Waals surface area contributed by atoms with E-state index in [9.17, 15) is 39.1 Å². The van der Waals surface area contributed by atoms with E-state index in [1.165, 1.54) is 18.7 Å². The van der Waals surface area contributed by atoms with Gasteiger partial charge >= 0.3 is 5.97 Å². The fourth-order valence-corrected chi connectivity index (χ4v) is 10.5. The van der Waals surface area contributed by atoms with Crippen molar-refractivity contribution in [1.29, 1.82) is 0 Å². The fourth-order valence-electron chi connectivity index (χ4n) is 10.5. The lowest BCUT2D eigenvalue weighted by Gasteiger charge is -2.49. The highest BCUT2D eigenvalue weighted by atomic mass is 19.1. The quantitative estimate of drug-likeness (QED) is 0.193. The van der Waals surface area contributed by atoms with Gasteiger partial charge in [-0.05, 0) is 106 Å². The van der Waals surface area contributed by atoms with Crippen LogP contribution in [-0.4, -0.2) is 181 Å². The number of hydrogen-bond acceptors (Lipinski definition) is 16. The number of esters is 1. The molecule has 0 aliphatic carbocycles. The molecule has 19 heteroatoms. The highest BCUT2D eigenvalue weighted by molar-refractivity contribution is 5.73. The summed E-state index contributed by atoms with van der Waals surface area (Å²) in [6, 6.07) is 2.18. The van der Waals surface area contributed by atoms with Gasteiger partial charge in [0.2, 0.25) is 0 Å². The molecule has 1 aromatic carbocycles. The van der Waals surface area contributed by atoms with Crippen LogP contribution in [0, 0.1) is 29.4 Å². The van der Waals surface area contributed by atoms with E-state index in [2.05, 4.69) is 10.3 Å². The first kappa shape index (κ1) is 55.1. The molecule has 382 valence electrons. The first-order valence-corrected chi connectivity index (χ1v) is 23.8. The third-order valence-corrected chi connectivity index (χ3v) is 14.8. The molecule has 3 aliphatic rings. The van der Waals surface area contributed by atoms with Crippen LogP contribution >= 0.6 is 0 Å². The highest BCUT2D eigenvalue weighted by Crippen LogP contribution is 2.40. The minimum atomic E-state index is -1.85. The Kier molecular flexibility index (Phi) is 18.5. The van der Waals surface area contributed by atoms with E-state index in [4.69, 9.17) is 28.4 Å². The number of aliphatic hydroxyl groups is 5. The predicted octanol–water partition coefficient (Wildman–Crippen LogP) is 3.43. The Morgan fingerprint density at radius 3 is 2.33 bits per heavy atom. The normalized spacial score (nSPS) is 41.1. The number of nitrogens with zero attached hydrogens (tertiary/aromatic N) is 5. The topological polar surface area (TPSA) is 211 Å². The van der Waals surface area contributed by atoms with Gasteiger partial charge in [0.25, 0.3) is 0 Å². The van der Waals surface area contributed by atoms with E-state index in [0.717, 1.165) is 18.2 Å². The summed E-state index contributed by atoms with van der Waals surface area (Å²) in [6.07, 6.45) is -7.35. The molecule has 5 rings (SSSR count). The third kappa shape index (κ3) is 13.0. The molecular weight excluding hydrogens is 877 g/mol. The Morgan fingerprint density at radius 1 is 0.985 bits per heavy atom. The van der Waals surface area contributed by atoms with Gasteiger partial charge in [-0.2, -0.15) is 0 Å². The zero-order chi connectivity index (χ0) is 49.9. The molecule has 1 aromatic heterocycles. The van der Waals surface area contributed by atoms with Crippen molar-refractivity contribution < 1.29 is 67.5 Å². The molecule has 2 aromatic rings. The third-order valence-electron chi connectivity index (χ3n) is 14.8. The second-order valence-corrected chi connectivity index (χ2v) is 20.6. The van der Waals surface area contributed by atoms with Gasteiger partial charge in [0, 0.05) is 62.8 Å². The lowest BCUT2D eigenvalue weighted by molar-refractivity contribution is -0.318. The van der Waals surface area contributed by atoms with Crippen molar-refractivity contribution in [2.45, 2.75) is 198 Å². The van der Waals surface area contributed by atoms with Gasteiger partial charge in [0.1, 0.15) is 41.7 Å². The van der Waals surface area contributed by atoms with E-state index >= 15 is 0 Å².